The number of carbonyl (C=O) groups excluding carboxylic acids is 1. The van der Waals surface area contributed by atoms with E-state index in [1.807, 2.05) is 6.07 Å². The zero-order valence-corrected chi connectivity index (χ0v) is 20.5. The summed E-state index contributed by atoms with van der Waals surface area (Å²) in [5.74, 6) is 0.350. The summed E-state index contributed by atoms with van der Waals surface area (Å²) in [6.07, 6.45) is 1.80. The van der Waals surface area contributed by atoms with E-state index in [1.54, 1.807) is 46.0 Å². The van der Waals surface area contributed by atoms with Crippen molar-refractivity contribution in [2.24, 2.45) is 0 Å². The maximum Gasteiger partial charge on any atom is 0.274 e. The molecule has 180 valence electrons. The molecule has 1 saturated heterocycles. The number of benzene rings is 2. The van der Waals surface area contributed by atoms with E-state index in [0.717, 1.165) is 10.9 Å². The molecule has 5 rings (SSSR count). The molecular weight excluding hydrogens is 513 g/mol. The molecule has 0 saturated carbocycles. The predicted octanol–water partition coefficient (Wildman–Crippen LogP) is 4.00. The predicted molar refractivity (Wildman–Crippen MR) is 133 cm³/mol. The van der Waals surface area contributed by atoms with Crippen molar-refractivity contribution in [3.8, 4) is 5.82 Å². The average molecular weight is 532 g/mol. The number of fused-ring (bicyclic) bond motifs is 1. The second-order valence-electron chi connectivity index (χ2n) is 7.85. The molecule has 1 aliphatic heterocycles. The van der Waals surface area contributed by atoms with Crippen molar-refractivity contribution in [3.05, 3.63) is 76.5 Å². The van der Waals surface area contributed by atoms with Crippen molar-refractivity contribution >= 4 is 55.7 Å². The van der Waals surface area contributed by atoms with E-state index in [2.05, 4.69) is 14.9 Å². The Kier molecular flexibility index (Phi) is 6.37. The Morgan fingerprint density at radius 1 is 0.943 bits per heavy atom. The first-order chi connectivity index (χ1) is 16.8. The molecule has 3 heterocycles. The Bertz CT molecular complexity index is 1500. The van der Waals surface area contributed by atoms with Crippen molar-refractivity contribution in [1.82, 2.24) is 19.7 Å². The Balaban J connectivity index is 1.37. The van der Waals surface area contributed by atoms with Crippen LogP contribution in [0.3, 0.4) is 0 Å². The number of sulfonamides is 1. The second kappa shape index (κ2) is 9.46. The van der Waals surface area contributed by atoms with Gasteiger partial charge in [-0.15, -0.1) is 10.2 Å². The zero-order valence-electron chi connectivity index (χ0n) is 18.2. The molecule has 1 amide bonds. The molecule has 1 N–H and O–H groups in total. The lowest BCUT2D eigenvalue weighted by Gasteiger charge is -2.26. The highest BCUT2D eigenvalue weighted by Crippen LogP contribution is 2.27. The number of hydrogen-bond acceptors (Lipinski definition) is 6. The normalized spacial score (nSPS) is 14.3. The fourth-order valence-corrected chi connectivity index (χ4v) is 5.57. The molecule has 9 nitrogen and oxygen atoms in total. The van der Waals surface area contributed by atoms with Gasteiger partial charge in [0.25, 0.3) is 15.9 Å². The second-order valence-corrected chi connectivity index (χ2v) is 10.4. The Morgan fingerprint density at radius 3 is 2.37 bits per heavy atom. The molecule has 4 aromatic rings. The topological polar surface area (TPSA) is 106 Å². The highest BCUT2D eigenvalue weighted by Gasteiger charge is 2.20. The fourth-order valence-electron chi connectivity index (χ4n) is 3.80. The summed E-state index contributed by atoms with van der Waals surface area (Å²) in [5, 5.41) is 9.57. The van der Waals surface area contributed by atoms with Crippen LogP contribution >= 0.6 is 23.2 Å². The SMILES string of the molecule is O=C(c1ccc(-n2ccc3cc(NS(=O)(=O)c4cc(Cl)cc(Cl)c4)ccc32)nn1)N1CCOCC1. The van der Waals surface area contributed by atoms with Gasteiger partial charge < -0.3 is 9.64 Å². The van der Waals surface area contributed by atoms with Gasteiger partial charge in [-0.25, -0.2) is 8.42 Å². The number of nitrogens with zero attached hydrogens (tertiary/aromatic N) is 4. The summed E-state index contributed by atoms with van der Waals surface area (Å²) in [6.45, 7) is 2.08. The van der Waals surface area contributed by atoms with Crippen molar-refractivity contribution in [2.75, 3.05) is 31.0 Å². The lowest BCUT2D eigenvalue weighted by atomic mass is 10.2. The number of amides is 1. The number of halogens is 2. The average Bonchev–Trinajstić information content (AvgIpc) is 3.26. The first-order valence-electron chi connectivity index (χ1n) is 10.6. The number of rotatable bonds is 5. The van der Waals surface area contributed by atoms with Gasteiger partial charge in [-0.05, 0) is 54.6 Å². The Morgan fingerprint density at radius 2 is 1.69 bits per heavy atom. The third-order valence-corrected chi connectivity index (χ3v) is 7.30. The molecule has 0 bridgehead atoms. The summed E-state index contributed by atoms with van der Waals surface area (Å²) in [7, 11) is -3.89. The minimum absolute atomic E-state index is 0.0327. The molecule has 0 spiro atoms. The van der Waals surface area contributed by atoms with Gasteiger partial charge in [0.2, 0.25) is 0 Å². The van der Waals surface area contributed by atoms with Gasteiger partial charge in [-0.2, -0.15) is 0 Å². The quantitative estimate of drug-likeness (QED) is 0.417. The molecule has 2 aromatic carbocycles. The molecule has 12 heteroatoms. The molecule has 1 fully saturated rings. The maximum atomic E-state index is 12.8. The zero-order chi connectivity index (χ0) is 24.6. The van der Waals surface area contributed by atoms with E-state index >= 15 is 0 Å². The summed E-state index contributed by atoms with van der Waals surface area (Å²) < 4.78 is 35.2. The van der Waals surface area contributed by atoms with Crippen LogP contribution in [0.4, 0.5) is 5.69 Å². The van der Waals surface area contributed by atoms with Gasteiger partial charge in [-0.1, -0.05) is 23.2 Å². The molecule has 1 aliphatic rings. The lowest BCUT2D eigenvalue weighted by molar-refractivity contribution is 0.0298. The van der Waals surface area contributed by atoms with Crippen LogP contribution in [-0.2, 0) is 14.8 Å². The van der Waals surface area contributed by atoms with Crippen molar-refractivity contribution < 1.29 is 17.9 Å². The summed E-state index contributed by atoms with van der Waals surface area (Å²) in [5.41, 5.74) is 1.44. The van der Waals surface area contributed by atoms with Crippen LogP contribution in [0.5, 0.6) is 0 Å². The number of aromatic nitrogens is 3. The Hall–Kier alpha value is -3.18. The third kappa shape index (κ3) is 4.96. The summed E-state index contributed by atoms with van der Waals surface area (Å²) in [6, 6.07) is 14.4. The number of nitrogens with one attached hydrogen (secondary N) is 1. The number of carbonyl (C=O) groups is 1. The first kappa shape index (κ1) is 23.6. The van der Waals surface area contributed by atoms with Gasteiger partial charge in [0, 0.05) is 40.4 Å². The molecule has 0 unspecified atom stereocenters. The van der Waals surface area contributed by atoms with Gasteiger partial charge >= 0.3 is 0 Å². The van der Waals surface area contributed by atoms with Crippen LogP contribution in [0.25, 0.3) is 16.7 Å². The number of ether oxygens (including phenoxy) is 1. The summed E-state index contributed by atoms with van der Waals surface area (Å²) >= 11 is 11.9. The fraction of sp³-hybridized carbons (Fsp3) is 0.174. The van der Waals surface area contributed by atoms with E-state index in [0.29, 0.717) is 37.8 Å². The molecular formula is C23H19Cl2N5O4S. The largest absolute Gasteiger partial charge is 0.378 e. The van der Waals surface area contributed by atoms with E-state index in [-0.39, 0.29) is 26.5 Å². The number of morpholine rings is 1. The monoisotopic (exact) mass is 531 g/mol. The van der Waals surface area contributed by atoms with E-state index in [4.69, 9.17) is 27.9 Å². The van der Waals surface area contributed by atoms with Crippen LogP contribution in [0.15, 0.2) is 65.7 Å². The summed E-state index contributed by atoms with van der Waals surface area (Å²) in [4.78, 5) is 14.3. The molecule has 2 aromatic heterocycles. The highest BCUT2D eigenvalue weighted by atomic mass is 35.5. The highest BCUT2D eigenvalue weighted by molar-refractivity contribution is 7.92. The molecule has 0 atom stereocenters. The van der Waals surface area contributed by atoms with Gasteiger partial charge in [0.15, 0.2) is 11.5 Å². The number of hydrogen-bond donors (Lipinski definition) is 1. The molecule has 0 aliphatic carbocycles. The Labute approximate surface area is 211 Å². The van der Waals surface area contributed by atoms with E-state index in [1.165, 1.54) is 18.2 Å². The van der Waals surface area contributed by atoms with Crippen LogP contribution in [0.2, 0.25) is 10.0 Å². The minimum atomic E-state index is -3.89. The molecule has 35 heavy (non-hydrogen) atoms. The van der Waals surface area contributed by atoms with Crippen molar-refractivity contribution in [3.63, 3.8) is 0 Å². The van der Waals surface area contributed by atoms with E-state index < -0.39 is 10.0 Å². The standard InChI is InChI=1S/C23H19Cl2N5O4S/c24-16-12-17(25)14-19(13-16)35(32,33)28-18-1-3-21-15(11-18)5-6-30(21)22-4-2-20(26-27-22)23(31)29-7-9-34-10-8-29/h1-6,11-14,28H,7-10H2. The van der Waals surface area contributed by atoms with Gasteiger partial charge in [0.05, 0.1) is 23.6 Å². The lowest BCUT2D eigenvalue weighted by Crippen LogP contribution is -2.41. The van der Waals surface area contributed by atoms with Gasteiger partial charge in [0.1, 0.15) is 0 Å². The molecule has 0 radical (unpaired) electrons. The van der Waals surface area contributed by atoms with Crippen molar-refractivity contribution in [2.45, 2.75) is 4.90 Å². The van der Waals surface area contributed by atoms with Crippen LogP contribution in [0, 0.1) is 0 Å². The number of anilines is 1. The van der Waals surface area contributed by atoms with E-state index in [9.17, 15) is 13.2 Å². The van der Waals surface area contributed by atoms with Crippen LogP contribution < -0.4 is 4.72 Å². The first-order valence-corrected chi connectivity index (χ1v) is 12.9. The minimum Gasteiger partial charge on any atom is -0.378 e. The van der Waals surface area contributed by atoms with Gasteiger partial charge in [-0.3, -0.25) is 14.1 Å². The van der Waals surface area contributed by atoms with Crippen LogP contribution in [0.1, 0.15) is 10.5 Å². The maximum absolute atomic E-state index is 12.8. The van der Waals surface area contributed by atoms with Crippen molar-refractivity contribution in [1.29, 1.82) is 0 Å². The smallest absolute Gasteiger partial charge is 0.274 e. The third-order valence-electron chi connectivity index (χ3n) is 5.50. The van der Waals surface area contributed by atoms with Crippen LogP contribution in [-0.4, -0.2) is 60.3 Å².